The number of carbonyl (C=O) groups is 1. The first-order valence-corrected chi connectivity index (χ1v) is 10.1. The van der Waals surface area contributed by atoms with Crippen molar-refractivity contribution in [2.45, 2.75) is 19.2 Å². The van der Waals surface area contributed by atoms with Crippen LogP contribution in [0.25, 0.3) is 11.4 Å². The fraction of sp³-hybridized carbons (Fsp3) is 0.250. The summed E-state index contributed by atoms with van der Waals surface area (Å²) in [6.45, 7) is 2.22. The summed E-state index contributed by atoms with van der Waals surface area (Å²) in [5.74, 6) is 0.992. The zero-order chi connectivity index (χ0) is 20.1. The second kappa shape index (κ2) is 9.21. The van der Waals surface area contributed by atoms with Crippen molar-refractivity contribution in [2.75, 3.05) is 12.8 Å². The van der Waals surface area contributed by atoms with E-state index in [1.54, 1.807) is 19.2 Å². The number of hydrogen-bond acceptors (Lipinski definition) is 5. The summed E-state index contributed by atoms with van der Waals surface area (Å²) in [5, 5.41) is 4.32. The van der Waals surface area contributed by atoms with Crippen LogP contribution in [0.3, 0.4) is 0 Å². The van der Waals surface area contributed by atoms with Crippen molar-refractivity contribution in [3.8, 4) is 11.4 Å². The van der Waals surface area contributed by atoms with Crippen LogP contribution in [0.15, 0.2) is 47.0 Å². The zero-order valence-corrected chi connectivity index (χ0v) is 17.1. The number of aryl methyl sites for hydroxylation is 1. The van der Waals surface area contributed by atoms with E-state index in [1.807, 2.05) is 31.2 Å². The molecular formula is C20H19ClFN3O2S. The van der Waals surface area contributed by atoms with E-state index < -0.39 is 0 Å². The van der Waals surface area contributed by atoms with E-state index >= 15 is 0 Å². The lowest BCUT2D eigenvalue weighted by atomic mass is 10.1. The SMILES string of the molecule is Cc1ccc(-c2noc(CN(C)C(=O)CSCc3ccc(Cl)cc3F)n2)cc1. The highest BCUT2D eigenvalue weighted by molar-refractivity contribution is 7.99. The summed E-state index contributed by atoms with van der Waals surface area (Å²) in [6, 6.07) is 12.3. The Morgan fingerprint density at radius 2 is 2.00 bits per heavy atom. The predicted octanol–water partition coefficient (Wildman–Crippen LogP) is 4.73. The lowest BCUT2D eigenvalue weighted by molar-refractivity contribution is -0.127. The van der Waals surface area contributed by atoms with Crippen molar-refractivity contribution >= 4 is 29.3 Å². The lowest BCUT2D eigenvalue weighted by Crippen LogP contribution is -2.28. The molecule has 0 aliphatic rings. The second-order valence-corrected chi connectivity index (χ2v) is 7.78. The molecule has 1 heterocycles. The van der Waals surface area contributed by atoms with Gasteiger partial charge in [-0.05, 0) is 24.6 Å². The van der Waals surface area contributed by atoms with Crippen LogP contribution in [0.4, 0.5) is 4.39 Å². The number of amides is 1. The molecule has 0 spiro atoms. The number of hydrogen-bond donors (Lipinski definition) is 0. The Labute approximate surface area is 171 Å². The van der Waals surface area contributed by atoms with E-state index in [9.17, 15) is 9.18 Å². The number of carbonyl (C=O) groups excluding carboxylic acids is 1. The minimum Gasteiger partial charge on any atom is -0.337 e. The Kier molecular flexibility index (Phi) is 6.70. The van der Waals surface area contributed by atoms with Crippen LogP contribution < -0.4 is 0 Å². The van der Waals surface area contributed by atoms with E-state index in [1.165, 1.54) is 22.7 Å². The van der Waals surface area contributed by atoms with Gasteiger partial charge in [-0.2, -0.15) is 4.98 Å². The van der Waals surface area contributed by atoms with Crippen LogP contribution in [0.2, 0.25) is 5.02 Å². The molecule has 5 nitrogen and oxygen atoms in total. The van der Waals surface area contributed by atoms with Crippen LogP contribution in [-0.4, -0.2) is 33.7 Å². The Balaban J connectivity index is 1.51. The minimum atomic E-state index is -0.365. The number of nitrogens with zero attached hydrogens (tertiary/aromatic N) is 3. The van der Waals surface area contributed by atoms with Gasteiger partial charge < -0.3 is 9.42 Å². The molecule has 146 valence electrons. The van der Waals surface area contributed by atoms with Crippen LogP contribution in [-0.2, 0) is 17.1 Å². The van der Waals surface area contributed by atoms with Gasteiger partial charge >= 0.3 is 0 Å². The fourth-order valence-corrected chi connectivity index (χ4v) is 3.54. The summed E-state index contributed by atoms with van der Waals surface area (Å²) in [5.41, 5.74) is 2.52. The fourth-order valence-electron chi connectivity index (χ4n) is 2.43. The summed E-state index contributed by atoms with van der Waals surface area (Å²) in [4.78, 5) is 18.1. The van der Waals surface area contributed by atoms with Crippen molar-refractivity contribution in [3.05, 3.63) is 70.3 Å². The minimum absolute atomic E-state index is 0.102. The molecule has 0 fully saturated rings. The Morgan fingerprint density at radius 3 is 2.71 bits per heavy atom. The van der Waals surface area contributed by atoms with Gasteiger partial charge in [-0.3, -0.25) is 4.79 Å². The molecule has 0 atom stereocenters. The standard InChI is InChI=1S/C20H19ClFN3O2S/c1-13-3-5-14(6-4-13)20-23-18(27-24-20)10-25(2)19(26)12-28-11-15-7-8-16(21)9-17(15)22/h3-9H,10-12H2,1-2H3. The monoisotopic (exact) mass is 419 g/mol. The highest BCUT2D eigenvalue weighted by atomic mass is 35.5. The van der Waals surface area contributed by atoms with Crippen molar-refractivity contribution < 1.29 is 13.7 Å². The molecule has 0 bridgehead atoms. The molecule has 0 unspecified atom stereocenters. The van der Waals surface area contributed by atoms with Crippen molar-refractivity contribution in [1.82, 2.24) is 15.0 Å². The quantitative estimate of drug-likeness (QED) is 0.554. The highest BCUT2D eigenvalue weighted by Crippen LogP contribution is 2.20. The summed E-state index contributed by atoms with van der Waals surface area (Å²) in [6.07, 6.45) is 0. The molecule has 3 rings (SSSR count). The van der Waals surface area contributed by atoms with Gasteiger partial charge in [-0.25, -0.2) is 4.39 Å². The van der Waals surface area contributed by atoms with Crippen LogP contribution in [0, 0.1) is 12.7 Å². The molecule has 0 saturated heterocycles. The number of benzene rings is 2. The molecule has 1 amide bonds. The van der Waals surface area contributed by atoms with Gasteiger partial charge in [0.1, 0.15) is 5.82 Å². The third-order valence-corrected chi connectivity index (χ3v) is 5.28. The second-order valence-electron chi connectivity index (χ2n) is 6.36. The predicted molar refractivity (Wildman–Crippen MR) is 109 cm³/mol. The van der Waals surface area contributed by atoms with Crippen molar-refractivity contribution in [2.24, 2.45) is 0 Å². The third kappa shape index (κ3) is 5.33. The molecule has 1 aromatic heterocycles. The molecule has 0 N–H and O–H groups in total. The maximum Gasteiger partial charge on any atom is 0.246 e. The third-order valence-electron chi connectivity index (χ3n) is 4.07. The molecule has 8 heteroatoms. The van der Waals surface area contributed by atoms with Crippen LogP contribution >= 0.6 is 23.4 Å². The molecule has 28 heavy (non-hydrogen) atoms. The first kappa shape index (κ1) is 20.4. The molecule has 3 aromatic rings. The smallest absolute Gasteiger partial charge is 0.246 e. The maximum atomic E-state index is 13.8. The van der Waals surface area contributed by atoms with E-state index in [4.69, 9.17) is 16.1 Å². The van der Waals surface area contributed by atoms with Gasteiger partial charge in [0.25, 0.3) is 0 Å². The van der Waals surface area contributed by atoms with Crippen LogP contribution in [0.1, 0.15) is 17.0 Å². The first-order valence-electron chi connectivity index (χ1n) is 8.57. The Bertz CT molecular complexity index is 962. The first-order chi connectivity index (χ1) is 13.4. The number of rotatable bonds is 7. The molecule has 0 radical (unpaired) electrons. The Morgan fingerprint density at radius 1 is 1.25 bits per heavy atom. The molecule has 0 aliphatic heterocycles. The number of aromatic nitrogens is 2. The van der Waals surface area contributed by atoms with Gasteiger partial charge in [0.2, 0.25) is 17.6 Å². The highest BCUT2D eigenvalue weighted by Gasteiger charge is 2.15. The summed E-state index contributed by atoms with van der Waals surface area (Å²) < 4.78 is 19.0. The Hall–Kier alpha value is -2.38. The van der Waals surface area contributed by atoms with Crippen LogP contribution in [0.5, 0.6) is 0 Å². The van der Waals surface area contributed by atoms with E-state index in [-0.39, 0.29) is 24.0 Å². The maximum absolute atomic E-state index is 13.8. The van der Waals surface area contributed by atoms with Crippen molar-refractivity contribution in [3.63, 3.8) is 0 Å². The van der Waals surface area contributed by atoms with Crippen molar-refractivity contribution in [1.29, 1.82) is 0 Å². The van der Waals surface area contributed by atoms with Gasteiger partial charge in [-0.1, -0.05) is 52.7 Å². The topological polar surface area (TPSA) is 59.2 Å². The zero-order valence-electron chi connectivity index (χ0n) is 15.5. The largest absolute Gasteiger partial charge is 0.337 e. The molecule has 0 aliphatic carbocycles. The average Bonchev–Trinajstić information content (AvgIpc) is 3.12. The van der Waals surface area contributed by atoms with E-state index in [0.29, 0.717) is 28.1 Å². The van der Waals surface area contributed by atoms with Gasteiger partial charge in [0, 0.05) is 23.4 Å². The van der Waals surface area contributed by atoms with Gasteiger partial charge in [-0.15, -0.1) is 11.8 Å². The van der Waals surface area contributed by atoms with Gasteiger partial charge in [0.15, 0.2) is 0 Å². The van der Waals surface area contributed by atoms with E-state index in [2.05, 4.69) is 10.1 Å². The summed E-state index contributed by atoms with van der Waals surface area (Å²) >= 11 is 7.08. The number of halogens is 2. The molecule has 0 saturated carbocycles. The van der Waals surface area contributed by atoms with Gasteiger partial charge in [0.05, 0.1) is 12.3 Å². The van der Waals surface area contributed by atoms with E-state index in [0.717, 1.165) is 11.1 Å². The summed E-state index contributed by atoms with van der Waals surface area (Å²) in [7, 11) is 1.67. The number of thioether (sulfide) groups is 1. The average molecular weight is 420 g/mol. The molecular weight excluding hydrogens is 401 g/mol. The normalized spacial score (nSPS) is 10.9. The lowest BCUT2D eigenvalue weighted by Gasteiger charge is -2.14. The molecule has 2 aromatic carbocycles.